The van der Waals surface area contributed by atoms with Crippen molar-refractivity contribution in [1.82, 2.24) is 9.97 Å². The van der Waals surface area contributed by atoms with Gasteiger partial charge in [0, 0.05) is 17.1 Å². The Bertz CT molecular complexity index is 1680. The van der Waals surface area contributed by atoms with Gasteiger partial charge in [-0.2, -0.15) is 18.6 Å². The zero-order valence-corrected chi connectivity index (χ0v) is 27.5. The van der Waals surface area contributed by atoms with Gasteiger partial charge in [0.25, 0.3) is 0 Å². The Labute approximate surface area is 273 Å². The third kappa shape index (κ3) is 8.46. The predicted molar refractivity (Wildman–Crippen MR) is 184 cm³/mol. The first-order valence-electron chi connectivity index (χ1n) is 14.4. The Morgan fingerprint density at radius 1 is 0.523 bits per heavy atom. The number of hydrogen-bond donors (Lipinski definition) is 0. The van der Waals surface area contributed by atoms with E-state index >= 15 is 0 Å². The number of benzene rings is 4. The topological polar surface area (TPSA) is 35.0 Å². The van der Waals surface area contributed by atoms with Crippen molar-refractivity contribution >= 4 is 23.8 Å². The fraction of sp³-hybridized carbons (Fsp3) is 0.103. The summed E-state index contributed by atoms with van der Waals surface area (Å²) in [6.07, 6.45) is 0. The quantitative estimate of drug-likeness (QED) is 0.104. The first-order valence-corrected chi connectivity index (χ1v) is 15.9. The Hall–Kier alpha value is -4.20. The second-order valence-corrected chi connectivity index (χ2v) is 13.1. The molecule has 0 aliphatic rings. The maximum Gasteiger partial charge on any atom is 1.00 e. The largest absolute Gasteiger partial charge is 1.00 e. The van der Waals surface area contributed by atoms with Gasteiger partial charge in [-0.3, -0.25) is 9.97 Å². The minimum Gasteiger partial charge on any atom is -0.513 e. The summed E-state index contributed by atoms with van der Waals surface area (Å²) in [5.74, 6) is 1.70. The molecule has 0 radical (unpaired) electrons. The van der Waals surface area contributed by atoms with Crippen LogP contribution in [0.1, 0.15) is 28.1 Å². The minimum atomic E-state index is -1.18. The molecule has 0 atom stereocenters. The molecule has 44 heavy (non-hydrogen) atoms. The zero-order valence-electron chi connectivity index (χ0n) is 25.5. The van der Waals surface area contributed by atoms with E-state index in [1.165, 1.54) is 27.0 Å². The Kier molecular flexibility index (Phi) is 11.5. The summed E-state index contributed by atoms with van der Waals surface area (Å²) in [6, 6.07) is 46.0. The number of aryl methyl sites for hydroxylation is 4. The first-order chi connectivity index (χ1) is 20.9. The molecule has 3 nitrogen and oxygen atoms in total. The number of ether oxygens (including phenoxy) is 1. The molecule has 0 N–H and O–H groups in total. The molecule has 0 saturated carbocycles. The van der Waals surface area contributed by atoms with E-state index in [9.17, 15) is 0 Å². The van der Waals surface area contributed by atoms with Gasteiger partial charge in [-0.15, -0.1) is 6.07 Å². The van der Waals surface area contributed by atoms with Gasteiger partial charge < -0.3 is 4.74 Å². The average molecular weight is 644 g/mol. The van der Waals surface area contributed by atoms with E-state index in [-0.39, 0.29) is 17.1 Å². The van der Waals surface area contributed by atoms with Crippen LogP contribution >= 0.6 is 7.92 Å². The van der Waals surface area contributed by atoms with Crippen molar-refractivity contribution in [1.29, 1.82) is 0 Å². The maximum absolute atomic E-state index is 6.33. The number of aromatic nitrogens is 2. The number of rotatable bonds is 6. The van der Waals surface area contributed by atoms with E-state index in [2.05, 4.69) is 134 Å². The summed E-state index contributed by atoms with van der Waals surface area (Å²) >= 11 is 0. The fourth-order valence-corrected chi connectivity index (χ4v) is 7.77. The van der Waals surface area contributed by atoms with Crippen molar-refractivity contribution < 1.29 is 21.8 Å². The number of pyridine rings is 2. The van der Waals surface area contributed by atoms with Crippen LogP contribution in [0.25, 0.3) is 11.4 Å². The second kappa shape index (κ2) is 15.5. The molecule has 0 aliphatic heterocycles. The fourth-order valence-electron chi connectivity index (χ4n) is 5.12. The molecular weight excluding hydrogens is 607 g/mol. The Morgan fingerprint density at radius 3 is 1.43 bits per heavy atom. The van der Waals surface area contributed by atoms with Crippen molar-refractivity contribution in [3.8, 4) is 22.9 Å². The van der Waals surface area contributed by atoms with Crippen LogP contribution in [0, 0.1) is 34.6 Å². The van der Waals surface area contributed by atoms with Crippen LogP contribution in [0.15, 0.2) is 133 Å². The monoisotopic (exact) mass is 643 g/mol. The van der Waals surface area contributed by atoms with Crippen molar-refractivity contribution in [3.63, 3.8) is 0 Å². The van der Waals surface area contributed by atoms with Crippen molar-refractivity contribution in [2.45, 2.75) is 27.7 Å². The molecule has 4 aromatic carbocycles. The molecule has 0 bridgehead atoms. The van der Waals surface area contributed by atoms with Crippen LogP contribution in [0.4, 0.5) is 0 Å². The van der Waals surface area contributed by atoms with E-state index < -0.39 is 7.92 Å². The molecule has 0 unspecified atom stereocenters. The van der Waals surface area contributed by atoms with Crippen molar-refractivity contribution in [3.05, 3.63) is 168 Å². The van der Waals surface area contributed by atoms with Gasteiger partial charge in [-0.1, -0.05) is 60.7 Å². The summed E-state index contributed by atoms with van der Waals surface area (Å²) in [6.45, 7) is 12.3. The zero-order chi connectivity index (χ0) is 30.2. The number of hydrogen-bond acceptors (Lipinski definition) is 3. The standard InChI is InChI=1S/C25H20OP.C14H16N2.Cu/c1-20-12-8-9-17-23(20)26-24-18-10-11-19-25(24)27(21-13-4-2-5-14-21)22-15-6-3-7-16-22;1-9-5-11(3)15-13(7-9)14-8-10(2)6-12(4)16-14;/h2-19H,1H2;5-8H,1-4H3;/q-1;;+1/p+1. The van der Waals surface area contributed by atoms with Crippen LogP contribution in [0.5, 0.6) is 11.5 Å². The van der Waals surface area contributed by atoms with Gasteiger partial charge >= 0.3 is 17.1 Å². The van der Waals surface area contributed by atoms with E-state index in [0.717, 1.165) is 39.8 Å². The van der Waals surface area contributed by atoms with Crippen LogP contribution < -0.4 is 20.7 Å². The summed E-state index contributed by atoms with van der Waals surface area (Å²) in [5.41, 5.74) is 7.34. The molecule has 224 valence electrons. The third-order valence-electron chi connectivity index (χ3n) is 6.93. The Morgan fingerprint density at radius 2 is 0.955 bits per heavy atom. The number of para-hydroxylation sites is 2. The van der Waals surface area contributed by atoms with Gasteiger partial charge in [-0.25, -0.2) is 0 Å². The van der Waals surface area contributed by atoms with E-state index in [0.29, 0.717) is 0 Å². The molecule has 6 rings (SSSR count). The summed E-state index contributed by atoms with van der Waals surface area (Å²) in [4.78, 5) is 9.05. The minimum absolute atomic E-state index is 0. The van der Waals surface area contributed by atoms with E-state index in [1.807, 2.05) is 44.2 Å². The van der Waals surface area contributed by atoms with Gasteiger partial charge in [0.05, 0.1) is 11.4 Å². The average Bonchev–Trinajstić information content (AvgIpc) is 3.00. The van der Waals surface area contributed by atoms with Crippen LogP contribution in [-0.4, -0.2) is 9.97 Å². The summed E-state index contributed by atoms with van der Waals surface area (Å²) in [5, 5.41) is 3.92. The maximum atomic E-state index is 6.33. The molecule has 0 amide bonds. The molecule has 5 heteroatoms. The summed E-state index contributed by atoms with van der Waals surface area (Å²) in [7, 11) is -1.18. The molecule has 0 aliphatic carbocycles. The molecule has 6 aromatic rings. The predicted octanol–water partition coefficient (Wildman–Crippen LogP) is 8.53. The van der Waals surface area contributed by atoms with Gasteiger partial charge in [0.1, 0.15) is 23.8 Å². The normalized spacial score (nSPS) is 10.4. The number of nitrogens with zero attached hydrogens (tertiary/aromatic N) is 2. The Balaban J connectivity index is 0.000000223. The van der Waals surface area contributed by atoms with Crippen molar-refractivity contribution in [2.24, 2.45) is 0 Å². The van der Waals surface area contributed by atoms with E-state index in [4.69, 9.17) is 4.74 Å². The smallest absolute Gasteiger partial charge is 0.513 e. The van der Waals surface area contributed by atoms with Gasteiger partial charge in [0.15, 0.2) is 5.75 Å². The van der Waals surface area contributed by atoms with Gasteiger partial charge in [0.2, 0.25) is 0 Å². The van der Waals surface area contributed by atoms with Gasteiger partial charge in [-0.05, 0) is 99.5 Å². The van der Waals surface area contributed by atoms with Crippen LogP contribution in [-0.2, 0) is 17.1 Å². The SMILES string of the molecule is Cc1cc(C)nc(-c2cc(C)cc(C)n2)c1.[CH2-]c1ccccc1Oc1ccccc1[PH+](c1ccccc1)c1ccccc1.[Cu+]. The molecule has 0 spiro atoms. The molecule has 2 heterocycles. The van der Waals surface area contributed by atoms with Crippen LogP contribution in [0.3, 0.4) is 0 Å². The molecule has 2 aromatic heterocycles. The first kappa shape index (κ1) is 32.7. The molecule has 0 fully saturated rings. The second-order valence-electron chi connectivity index (χ2n) is 10.7. The third-order valence-corrected chi connectivity index (χ3v) is 9.70. The molecule has 0 saturated heterocycles. The van der Waals surface area contributed by atoms with E-state index in [1.54, 1.807) is 0 Å². The summed E-state index contributed by atoms with van der Waals surface area (Å²) < 4.78 is 6.33. The van der Waals surface area contributed by atoms with Crippen molar-refractivity contribution in [2.75, 3.05) is 0 Å². The molecular formula is C39H37CuN2OP+. The van der Waals surface area contributed by atoms with Crippen LogP contribution in [0.2, 0.25) is 0 Å².